The smallest absolute Gasteiger partial charge is 0.306 e. The highest BCUT2D eigenvalue weighted by Crippen LogP contribution is 2.17. The van der Waals surface area contributed by atoms with E-state index in [0.29, 0.717) is 26.1 Å². The average molecular weight is 230 g/mol. The van der Waals surface area contributed by atoms with E-state index < -0.39 is 0 Å². The molecule has 0 saturated carbocycles. The van der Waals surface area contributed by atoms with E-state index in [9.17, 15) is 9.59 Å². The molecule has 0 saturated heterocycles. The second-order valence-electron chi connectivity index (χ2n) is 3.67. The molecule has 0 aromatic rings. The molecule has 0 aliphatic carbocycles. The van der Waals surface area contributed by atoms with Gasteiger partial charge in [0.25, 0.3) is 0 Å². The van der Waals surface area contributed by atoms with Crippen LogP contribution in [0.5, 0.6) is 0 Å². The van der Waals surface area contributed by atoms with Gasteiger partial charge in [0.15, 0.2) is 0 Å². The maximum Gasteiger partial charge on any atom is 0.306 e. The second-order valence-corrected chi connectivity index (χ2v) is 3.67. The molecule has 0 heterocycles. The predicted octanol–water partition coefficient (Wildman–Crippen LogP) is 2.31. The largest absolute Gasteiger partial charge is 0.466 e. The van der Waals surface area contributed by atoms with Crippen LogP contribution in [0.1, 0.15) is 46.5 Å². The van der Waals surface area contributed by atoms with E-state index >= 15 is 0 Å². The van der Waals surface area contributed by atoms with Crippen LogP contribution in [0.2, 0.25) is 0 Å². The summed E-state index contributed by atoms with van der Waals surface area (Å²) in [6.07, 6.45) is 2.40. The Bertz CT molecular complexity index is 193. The van der Waals surface area contributed by atoms with Crippen LogP contribution in [0.3, 0.4) is 0 Å². The monoisotopic (exact) mass is 230 g/mol. The zero-order chi connectivity index (χ0) is 12.4. The van der Waals surface area contributed by atoms with Crippen molar-refractivity contribution >= 4 is 11.9 Å². The molecule has 0 unspecified atom stereocenters. The van der Waals surface area contributed by atoms with Gasteiger partial charge in [-0.3, -0.25) is 9.59 Å². The van der Waals surface area contributed by atoms with E-state index in [1.54, 1.807) is 13.8 Å². The van der Waals surface area contributed by atoms with Crippen LogP contribution < -0.4 is 0 Å². The highest BCUT2D eigenvalue weighted by atomic mass is 16.5. The van der Waals surface area contributed by atoms with Gasteiger partial charge in [-0.15, -0.1) is 0 Å². The normalized spacial score (nSPS) is 10.2. The number of hydrogen-bond donors (Lipinski definition) is 0. The minimum atomic E-state index is -0.231. The third kappa shape index (κ3) is 7.26. The van der Waals surface area contributed by atoms with Gasteiger partial charge >= 0.3 is 11.9 Å². The Morgan fingerprint density at radius 1 is 0.938 bits per heavy atom. The molecule has 0 radical (unpaired) electrons. The zero-order valence-corrected chi connectivity index (χ0v) is 10.5. The van der Waals surface area contributed by atoms with Crippen molar-refractivity contribution in [3.63, 3.8) is 0 Å². The SMILES string of the molecule is CCCC(CC(=O)OCC)CC(=O)OCC. The molecule has 94 valence electrons. The third-order valence-corrected chi connectivity index (χ3v) is 2.22. The molecule has 0 bridgehead atoms. The van der Waals surface area contributed by atoms with Gasteiger partial charge in [-0.25, -0.2) is 0 Å². The Balaban J connectivity index is 4.05. The van der Waals surface area contributed by atoms with Crippen LogP contribution in [0.25, 0.3) is 0 Å². The van der Waals surface area contributed by atoms with E-state index in [0.717, 1.165) is 12.8 Å². The maximum absolute atomic E-state index is 11.3. The standard InChI is InChI=1S/C12H22O4/c1-4-7-10(8-11(13)15-5-2)9-12(14)16-6-3/h10H,4-9H2,1-3H3. The Morgan fingerprint density at radius 3 is 1.69 bits per heavy atom. The lowest BCUT2D eigenvalue weighted by atomic mass is 9.96. The van der Waals surface area contributed by atoms with Crippen molar-refractivity contribution in [3.8, 4) is 0 Å². The average Bonchev–Trinajstić information content (AvgIpc) is 2.18. The number of ether oxygens (including phenoxy) is 2. The summed E-state index contributed by atoms with van der Waals surface area (Å²) in [6, 6.07) is 0. The van der Waals surface area contributed by atoms with Crippen molar-refractivity contribution in [1.82, 2.24) is 0 Å². The van der Waals surface area contributed by atoms with Gasteiger partial charge in [0.2, 0.25) is 0 Å². The van der Waals surface area contributed by atoms with E-state index in [1.165, 1.54) is 0 Å². The van der Waals surface area contributed by atoms with Crippen molar-refractivity contribution in [2.45, 2.75) is 46.5 Å². The summed E-state index contributed by atoms with van der Waals surface area (Å²) in [7, 11) is 0. The molecule has 0 aliphatic rings. The molecule has 0 N–H and O–H groups in total. The minimum Gasteiger partial charge on any atom is -0.466 e. The molecular weight excluding hydrogens is 208 g/mol. The van der Waals surface area contributed by atoms with E-state index in [2.05, 4.69) is 0 Å². The first-order valence-electron chi connectivity index (χ1n) is 5.95. The molecular formula is C12H22O4. The van der Waals surface area contributed by atoms with Crippen molar-refractivity contribution < 1.29 is 19.1 Å². The van der Waals surface area contributed by atoms with Gasteiger partial charge in [0.05, 0.1) is 13.2 Å². The lowest BCUT2D eigenvalue weighted by Crippen LogP contribution is -2.16. The molecule has 0 aromatic carbocycles. The molecule has 0 aliphatic heterocycles. The minimum absolute atomic E-state index is 0.0445. The fourth-order valence-electron chi connectivity index (χ4n) is 1.60. The quantitative estimate of drug-likeness (QED) is 0.600. The van der Waals surface area contributed by atoms with Gasteiger partial charge < -0.3 is 9.47 Å². The summed E-state index contributed by atoms with van der Waals surface area (Å²) < 4.78 is 9.74. The highest BCUT2D eigenvalue weighted by Gasteiger charge is 2.18. The third-order valence-electron chi connectivity index (χ3n) is 2.22. The fourth-order valence-corrected chi connectivity index (χ4v) is 1.60. The van der Waals surface area contributed by atoms with Crippen molar-refractivity contribution in [2.24, 2.45) is 5.92 Å². The van der Waals surface area contributed by atoms with Gasteiger partial charge in [-0.1, -0.05) is 13.3 Å². The Morgan fingerprint density at radius 2 is 1.38 bits per heavy atom. The molecule has 4 heteroatoms. The Hall–Kier alpha value is -1.06. The first kappa shape index (κ1) is 14.9. The number of carbonyl (C=O) groups is 2. The van der Waals surface area contributed by atoms with Crippen molar-refractivity contribution in [1.29, 1.82) is 0 Å². The lowest BCUT2D eigenvalue weighted by molar-refractivity contribution is -0.147. The molecule has 0 atom stereocenters. The molecule has 16 heavy (non-hydrogen) atoms. The topological polar surface area (TPSA) is 52.6 Å². The summed E-state index contributed by atoms with van der Waals surface area (Å²) in [5.74, 6) is -0.418. The zero-order valence-electron chi connectivity index (χ0n) is 10.5. The Labute approximate surface area is 97.3 Å². The summed E-state index contributed by atoms with van der Waals surface area (Å²) in [5.41, 5.74) is 0. The van der Waals surface area contributed by atoms with Gasteiger partial charge in [0, 0.05) is 12.8 Å². The molecule has 0 amide bonds. The van der Waals surface area contributed by atoms with E-state index in [-0.39, 0.29) is 17.9 Å². The summed E-state index contributed by atoms with van der Waals surface area (Å²) >= 11 is 0. The summed E-state index contributed by atoms with van der Waals surface area (Å²) in [6.45, 7) is 6.35. The van der Waals surface area contributed by atoms with Crippen LogP contribution in [-0.2, 0) is 19.1 Å². The van der Waals surface area contributed by atoms with Crippen LogP contribution in [0, 0.1) is 5.92 Å². The van der Waals surface area contributed by atoms with E-state index in [4.69, 9.17) is 9.47 Å². The van der Waals surface area contributed by atoms with Gasteiger partial charge in [-0.05, 0) is 26.2 Å². The second kappa shape index (κ2) is 9.19. The van der Waals surface area contributed by atoms with E-state index in [1.807, 2.05) is 6.92 Å². The number of esters is 2. The first-order chi connectivity index (χ1) is 7.63. The molecule has 0 aromatic heterocycles. The summed E-state index contributed by atoms with van der Waals surface area (Å²) in [4.78, 5) is 22.6. The van der Waals surface area contributed by atoms with Crippen molar-refractivity contribution in [2.75, 3.05) is 13.2 Å². The fraction of sp³-hybridized carbons (Fsp3) is 0.833. The molecule has 0 fully saturated rings. The van der Waals surface area contributed by atoms with Crippen LogP contribution >= 0.6 is 0 Å². The molecule has 4 nitrogen and oxygen atoms in total. The van der Waals surface area contributed by atoms with Gasteiger partial charge in [0.1, 0.15) is 0 Å². The number of rotatable bonds is 8. The highest BCUT2D eigenvalue weighted by molar-refractivity contribution is 5.73. The van der Waals surface area contributed by atoms with Crippen LogP contribution in [0.4, 0.5) is 0 Å². The molecule has 0 rings (SSSR count). The number of hydrogen-bond acceptors (Lipinski definition) is 4. The number of carbonyl (C=O) groups excluding carboxylic acids is 2. The van der Waals surface area contributed by atoms with Gasteiger partial charge in [-0.2, -0.15) is 0 Å². The summed E-state index contributed by atoms with van der Waals surface area (Å²) in [5, 5.41) is 0. The first-order valence-corrected chi connectivity index (χ1v) is 5.95. The van der Waals surface area contributed by atoms with Crippen molar-refractivity contribution in [3.05, 3.63) is 0 Å². The molecule has 0 spiro atoms. The lowest BCUT2D eigenvalue weighted by Gasteiger charge is -2.14. The predicted molar refractivity (Wildman–Crippen MR) is 60.9 cm³/mol. The maximum atomic E-state index is 11.3. The Kier molecular flexibility index (Phi) is 8.58. The van der Waals surface area contributed by atoms with Crippen LogP contribution in [-0.4, -0.2) is 25.2 Å². The van der Waals surface area contributed by atoms with Crippen LogP contribution in [0.15, 0.2) is 0 Å².